The third-order valence-electron chi connectivity index (χ3n) is 3.43. The highest BCUT2D eigenvalue weighted by Crippen LogP contribution is 2.22. The Morgan fingerprint density at radius 3 is 2.22 bits per heavy atom. The highest BCUT2D eigenvalue weighted by Gasteiger charge is 2.17. The average molecular weight is 312 g/mol. The lowest BCUT2D eigenvalue weighted by atomic mass is 9.98. The standard InChI is InChI=1S/C18H20N2O3/c1-13-8-10-15(11-9-13)17(14-6-4-3-5-7-14)20-16(21)12-19-18(22)23-2/h3-11,17H,12H2,1-2H3,(H,19,22)(H,20,21). The molecule has 23 heavy (non-hydrogen) atoms. The number of hydrogen-bond acceptors (Lipinski definition) is 3. The molecule has 2 aromatic rings. The lowest BCUT2D eigenvalue weighted by Gasteiger charge is -2.20. The maximum Gasteiger partial charge on any atom is 0.407 e. The van der Waals surface area contributed by atoms with Crippen molar-refractivity contribution in [2.45, 2.75) is 13.0 Å². The molecule has 0 aliphatic heterocycles. The Hall–Kier alpha value is -2.82. The number of benzene rings is 2. The van der Waals surface area contributed by atoms with Crippen molar-refractivity contribution in [2.24, 2.45) is 0 Å². The number of rotatable bonds is 5. The van der Waals surface area contributed by atoms with Crippen molar-refractivity contribution in [3.05, 3.63) is 71.3 Å². The van der Waals surface area contributed by atoms with E-state index in [1.54, 1.807) is 0 Å². The Kier molecular flexibility index (Phi) is 5.74. The zero-order valence-corrected chi connectivity index (χ0v) is 13.2. The van der Waals surface area contributed by atoms with Crippen molar-refractivity contribution in [1.82, 2.24) is 10.6 Å². The molecular weight excluding hydrogens is 292 g/mol. The van der Waals surface area contributed by atoms with Crippen molar-refractivity contribution in [1.29, 1.82) is 0 Å². The van der Waals surface area contributed by atoms with E-state index in [0.29, 0.717) is 0 Å². The summed E-state index contributed by atoms with van der Waals surface area (Å²) in [5, 5.41) is 5.32. The second-order valence-electron chi connectivity index (χ2n) is 5.17. The van der Waals surface area contributed by atoms with Crippen LogP contribution in [0.4, 0.5) is 4.79 Å². The van der Waals surface area contributed by atoms with Crippen LogP contribution in [0.25, 0.3) is 0 Å². The molecule has 0 aliphatic carbocycles. The number of carbonyl (C=O) groups is 2. The van der Waals surface area contributed by atoms with E-state index in [4.69, 9.17) is 0 Å². The predicted octanol–water partition coefficient (Wildman–Crippen LogP) is 2.56. The van der Waals surface area contributed by atoms with Crippen molar-refractivity contribution >= 4 is 12.0 Å². The largest absolute Gasteiger partial charge is 0.453 e. The second-order valence-corrected chi connectivity index (χ2v) is 5.17. The van der Waals surface area contributed by atoms with Crippen LogP contribution in [0.1, 0.15) is 22.7 Å². The molecule has 0 heterocycles. The molecule has 1 unspecified atom stereocenters. The van der Waals surface area contributed by atoms with Crippen LogP contribution in [0.15, 0.2) is 54.6 Å². The monoisotopic (exact) mass is 312 g/mol. The summed E-state index contributed by atoms with van der Waals surface area (Å²) in [6.45, 7) is 1.88. The van der Waals surface area contributed by atoms with Crippen LogP contribution >= 0.6 is 0 Å². The Balaban J connectivity index is 2.16. The van der Waals surface area contributed by atoms with Crippen molar-refractivity contribution < 1.29 is 14.3 Å². The van der Waals surface area contributed by atoms with Gasteiger partial charge in [0.05, 0.1) is 13.2 Å². The highest BCUT2D eigenvalue weighted by atomic mass is 16.5. The molecule has 0 bridgehead atoms. The summed E-state index contributed by atoms with van der Waals surface area (Å²) in [6, 6.07) is 17.4. The van der Waals surface area contributed by atoms with Gasteiger partial charge in [-0.05, 0) is 18.1 Å². The molecule has 0 saturated carbocycles. The number of alkyl carbamates (subject to hydrolysis) is 1. The molecule has 0 fully saturated rings. The summed E-state index contributed by atoms with van der Waals surface area (Å²) >= 11 is 0. The minimum atomic E-state index is -0.633. The summed E-state index contributed by atoms with van der Waals surface area (Å²) < 4.78 is 4.46. The van der Waals surface area contributed by atoms with E-state index in [1.165, 1.54) is 7.11 Å². The van der Waals surface area contributed by atoms with Gasteiger partial charge in [0.25, 0.3) is 0 Å². The van der Waals surface area contributed by atoms with E-state index in [1.807, 2.05) is 61.5 Å². The molecule has 5 nitrogen and oxygen atoms in total. The van der Waals surface area contributed by atoms with E-state index < -0.39 is 6.09 Å². The number of hydrogen-bond donors (Lipinski definition) is 2. The quantitative estimate of drug-likeness (QED) is 0.891. The number of amides is 2. The fraction of sp³-hybridized carbons (Fsp3) is 0.222. The molecule has 0 saturated heterocycles. The van der Waals surface area contributed by atoms with Crippen LogP contribution in [0.5, 0.6) is 0 Å². The molecule has 2 rings (SSSR count). The number of aryl methyl sites for hydroxylation is 1. The van der Waals surface area contributed by atoms with E-state index >= 15 is 0 Å². The Bertz CT molecular complexity index is 654. The van der Waals surface area contributed by atoms with Crippen LogP contribution in [-0.4, -0.2) is 25.7 Å². The molecule has 0 aliphatic rings. The normalized spacial score (nSPS) is 11.4. The van der Waals surface area contributed by atoms with Gasteiger partial charge in [0, 0.05) is 0 Å². The number of ether oxygens (including phenoxy) is 1. The number of nitrogens with one attached hydrogen (secondary N) is 2. The van der Waals surface area contributed by atoms with Gasteiger partial charge in [0.1, 0.15) is 6.54 Å². The lowest BCUT2D eigenvalue weighted by Crippen LogP contribution is -2.38. The fourth-order valence-electron chi connectivity index (χ4n) is 2.20. The summed E-state index contributed by atoms with van der Waals surface area (Å²) in [5.74, 6) is -0.287. The zero-order chi connectivity index (χ0) is 16.7. The Morgan fingerprint density at radius 2 is 1.61 bits per heavy atom. The van der Waals surface area contributed by atoms with Gasteiger partial charge < -0.3 is 15.4 Å². The van der Waals surface area contributed by atoms with E-state index in [2.05, 4.69) is 15.4 Å². The van der Waals surface area contributed by atoms with Gasteiger partial charge in [0.2, 0.25) is 5.91 Å². The van der Waals surface area contributed by atoms with Crippen molar-refractivity contribution in [2.75, 3.05) is 13.7 Å². The summed E-state index contributed by atoms with van der Waals surface area (Å²) in [6.07, 6.45) is -0.633. The van der Waals surface area contributed by atoms with Crippen LogP contribution in [0, 0.1) is 6.92 Å². The molecule has 2 N–H and O–H groups in total. The third-order valence-corrected chi connectivity index (χ3v) is 3.43. The first kappa shape index (κ1) is 16.5. The summed E-state index contributed by atoms with van der Waals surface area (Å²) in [7, 11) is 1.26. The van der Waals surface area contributed by atoms with E-state index in [9.17, 15) is 9.59 Å². The SMILES string of the molecule is COC(=O)NCC(=O)NC(c1ccccc1)c1ccc(C)cc1. The van der Waals surface area contributed by atoms with Gasteiger partial charge in [0.15, 0.2) is 0 Å². The van der Waals surface area contributed by atoms with Crippen LogP contribution in [0.2, 0.25) is 0 Å². The molecule has 2 amide bonds. The Labute approximate surface area is 135 Å². The van der Waals surface area contributed by atoms with Crippen LogP contribution in [-0.2, 0) is 9.53 Å². The van der Waals surface area contributed by atoms with Gasteiger partial charge in [-0.15, -0.1) is 0 Å². The molecule has 0 spiro atoms. The first-order valence-corrected chi connectivity index (χ1v) is 7.33. The smallest absolute Gasteiger partial charge is 0.407 e. The maximum atomic E-state index is 12.1. The topological polar surface area (TPSA) is 67.4 Å². The summed E-state index contributed by atoms with van der Waals surface area (Å²) in [5.41, 5.74) is 3.11. The maximum absolute atomic E-state index is 12.1. The molecule has 120 valence electrons. The van der Waals surface area contributed by atoms with E-state index in [-0.39, 0.29) is 18.5 Å². The molecule has 5 heteroatoms. The van der Waals surface area contributed by atoms with Gasteiger partial charge in [-0.2, -0.15) is 0 Å². The van der Waals surface area contributed by atoms with Crippen LogP contribution in [0.3, 0.4) is 0 Å². The zero-order valence-electron chi connectivity index (χ0n) is 13.2. The van der Waals surface area contributed by atoms with Gasteiger partial charge >= 0.3 is 6.09 Å². The third kappa shape index (κ3) is 4.85. The van der Waals surface area contributed by atoms with Gasteiger partial charge in [-0.25, -0.2) is 4.79 Å². The molecule has 0 aromatic heterocycles. The van der Waals surface area contributed by atoms with Crippen LogP contribution < -0.4 is 10.6 Å². The molecule has 2 aromatic carbocycles. The highest BCUT2D eigenvalue weighted by molar-refractivity contribution is 5.82. The summed E-state index contributed by atoms with van der Waals surface area (Å²) in [4.78, 5) is 23.2. The molecular formula is C18H20N2O3. The van der Waals surface area contributed by atoms with Gasteiger partial charge in [-0.1, -0.05) is 60.2 Å². The van der Waals surface area contributed by atoms with Gasteiger partial charge in [-0.3, -0.25) is 4.79 Å². The average Bonchev–Trinajstić information content (AvgIpc) is 2.59. The van der Waals surface area contributed by atoms with Crippen molar-refractivity contribution in [3.8, 4) is 0 Å². The minimum Gasteiger partial charge on any atom is -0.453 e. The molecule has 0 radical (unpaired) electrons. The fourth-order valence-corrected chi connectivity index (χ4v) is 2.20. The first-order valence-electron chi connectivity index (χ1n) is 7.33. The first-order chi connectivity index (χ1) is 11.1. The lowest BCUT2D eigenvalue weighted by molar-refractivity contribution is -0.120. The number of methoxy groups -OCH3 is 1. The molecule has 1 atom stereocenters. The van der Waals surface area contributed by atoms with Crippen molar-refractivity contribution in [3.63, 3.8) is 0 Å². The predicted molar refractivity (Wildman–Crippen MR) is 88.0 cm³/mol. The second kappa shape index (κ2) is 7.98. The minimum absolute atomic E-state index is 0.137. The Morgan fingerprint density at radius 1 is 1.00 bits per heavy atom. The number of carbonyl (C=O) groups excluding carboxylic acids is 2. The van der Waals surface area contributed by atoms with E-state index in [0.717, 1.165) is 16.7 Å².